The van der Waals surface area contributed by atoms with Gasteiger partial charge < -0.3 is 9.88 Å². The van der Waals surface area contributed by atoms with Crippen LogP contribution in [0, 0.1) is 5.92 Å². The van der Waals surface area contributed by atoms with Crippen LogP contribution in [-0.4, -0.2) is 9.55 Å². The SMILES string of the molecule is CC(C)Cn1ccnc(NCc2ccc(Br)cc2)c1=O. The summed E-state index contributed by atoms with van der Waals surface area (Å²) in [6, 6.07) is 7.97. The fourth-order valence-electron chi connectivity index (χ4n) is 1.89. The maximum atomic E-state index is 12.2. The third-order valence-electron chi connectivity index (χ3n) is 2.85. The van der Waals surface area contributed by atoms with Crippen LogP contribution in [0.3, 0.4) is 0 Å². The molecule has 2 aromatic rings. The molecule has 1 heterocycles. The van der Waals surface area contributed by atoms with E-state index in [4.69, 9.17) is 0 Å². The molecule has 0 spiro atoms. The van der Waals surface area contributed by atoms with Crippen LogP contribution < -0.4 is 10.9 Å². The number of hydrogen-bond acceptors (Lipinski definition) is 3. The fourth-order valence-corrected chi connectivity index (χ4v) is 2.16. The Bertz CT molecular complexity index is 620. The minimum Gasteiger partial charge on any atom is -0.361 e. The molecule has 1 aromatic carbocycles. The third-order valence-corrected chi connectivity index (χ3v) is 3.38. The second-order valence-corrected chi connectivity index (χ2v) is 6.02. The smallest absolute Gasteiger partial charge is 0.293 e. The first-order valence-corrected chi connectivity index (χ1v) is 7.39. The highest BCUT2D eigenvalue weighted by atomic mass is 79.9. The van der Waals surface area contributed by atoms with Crippen molar-refractivity contribution in [2.75, 3.05) is 5.32 Å². The van der Waals surface area contributed by atoms with Crippen molar-refractivity contribution in [3.63, 3.8) is 0 Å². The van der Waals surface area contributed by atoms with Crippen molar-refractivity contribution in [2.45, 2.75) is 26.9 Å². The summed E-state index contributed by atoms with van der Waals surface area (Å²) in [5.41, 5.74) is 1.03. The Morgan fingerprint density at radius 3 is 2.65 bits per heavy atom. The molecule has 106 valence electrons. The molecule has 1 aromatic heterocycles. The molecule has 0 atom stereocenters. The van der Waals surface area contributed by atoms with Crippen LogP contribution in [0.15, 0.2) is 45.9 Å². The molecule has 0 unspecified atom stereocenters. The zero-order valence-electron chi connectivity index (χ0n) is 11.6. The van der Waals surface area contributed by atoms with Gasteiger partial charge in [0.25, 0.3) is 5.56 Å². The van der Waals surface area contributed by atoms with Gasteiger partial charge in [-0.05, 0) is 23.6 Å². The van der Waals surface area contributed by atoms with E-state index in [1.807, 2.05) is 24.3 Å². The van der Waals surface area contributed by atoms with Crippen LogP contribution >= 0.6 is 15.9 Å². The predicted molar refractivity (Wildman–Crippen MR) is 84.8 cm³/mol. The Kier molecular flexibility index (Phi) is 4.95. The molecule has 0 aliphatic heterocycles. The van der Waals surface area contributed by atoms with Crippen LogP contribution in [0.2, 0.25) is 0 Å². The molecule has 0 saturated carbocycles. The van der Waals surface area contributed by atoms with Crippen LogP contribution in [-0.2, 0) is 13.1 Å². The lowest BCUT2D eigenvalue weighted by atomic mass is 10.2. The third kappa shape index (κ3) is 3.93. The van der Waals surface area contributed by atoms with Gasteiger partial charge in [-0.3, -0.25) is 4.79 Å². The molecule has 1 N–H and O–H groups in total. The predicted octanol–water partition coefficient (Wildman–Crippen LogP) is 3.27. The molecule has 0 fully saturated rings. The van der Waals surface area contributed by atoms with Gasteiger partial charge in [-0.25, -0.2) is 4.98 Å². The molecule has 0 radical (unpaired) electrons. The summed E-state index contributed by atoms with van der Waals surface area (Å²) < 4.78 is 2.74. The molecule has 0 bridgehead atoms. The van der Waals surface area contributed by atoms with Gasteiger partial charge in [0.1, 0.15) is 0 Å². The Morgan fingerprint density at radius 1 is 1.30 bits per heavy atom. The van der Waals surface area contributed by atoms with Crippen molar-refractivity contribution in [3.05, 3.63) is 57.0 Å². The summed E-state index contributed by atoms with van der Waals surface area (Å²) in [7, 11) is 0. The number of halogens is 1. The zero-order chi connectivity index (χ0) is 14.5. The minimum absolute atomic E-state index is 0.0710. The lowest BCUT2D eigenvalue weighted by Crippen LogP contribution is -2.25. The highest BCUT2D eigenvalue weighted by Crippen LogP contribution is 2.11. The van der Waals surface area contributed by atoms with Crippen molar-refractivity contribution >= 4 is 21.7 Å². The largest absolute Gasteiger partial charge is 0.361 e. The van der Waals surface area contributed by atoms with E-state index < -0.39 is 0 Å². The monoisotopic (exact) mass is 335 g/mol. The molecular weight excluding hydrogens is 318 g/mol. The number of aromatic nitrogens is 2. The quantitative estimate of drug-likeness (QED) is 0.912. The van der Waals surface area contributed by atoms with E-state index >= 15 is 0 Å². The molecule has 0 amide bonds. The summed E-state index contributed by atoms with van der Waals surface area (Å²) in [5, 5.41) is 3.10. The normalized spacial score (nSPS) is 10.8. The second kappa shape index (κ2) is 6.70. The molecule has 20 heavy (non-hydrogen) atoms. The molecule has 4 nitrogen and oxygen atoms in total. The van der Waals surface area contributed by atoms with Crippen LogP contribution in [0.25, 0.3) is 0 Å². The van der Waals surface area contributed by atoms with E-state index in [2.05, 4.69) is 40.1 Å². The minimum atomic E-state index is -0.0710. The number of hydrogen-bond donors (Lipinski definition) is 1. The molecular formula is C15H18BrN3O. The van der Waals surface area contributed by atoms with E-state index in [1.54, 1.807) is 17.0 Å². The first kappa shape index (κ1) is 14.8. The topological polar surface area (TPSA) is 46.9 Å². The van der Waals surface area contributed by atoms with E-state index in [1.165, 1.54) is 0 Å². The van der Waals surface area contributed by atoms with Crippen LogP contribution in [0.5, 0.6) is 0 Å². The lowest BCUT2D eigenvalue weighted by molar-refractivity contribution is 0.509. The van der Waals surface area contributed by atoms with Crippen LogP contribution in [0.4, 0.5) is 5.82 Å². The van der Waals surface area contributed by atoms with Gasteiger partial charge in [0, 0.05) is 30.0 Å². The molecule has 5 heteroatoms. The van der Waals surface area contributed by atoms with Crippen LogP contribution in [0.1, 0.15) is 19.4 Å². The first-order valence-electron chi connectivity index (χ1n) is 6.60. The number of nitrogens with zero attached hydrogens (tertiary/aromatic N) is 2. The highest BCUT2D eigenvalue weighted by Gasteiger charge is 2.05. The molecule has 2 rings (SSSR count). The average Bonchev–Trinajstić information content (AvgIpc) is 2.41. The molecule has 0 saturated heterocycles. The summed E-state index contributed by atoms with van der Waals surface area (Å²) in [4.78, 5) is 16.3. The van der Waals surface area contributed by atoms with Crippen molar-refractivity contribution in [3.8, 4) is 0 Å². The highest BCUT2D eigenvalue weighted by molar-refractivity contribution is 9.10. The van der Waals surface area contributed by atoms with E-state index in [9.17, 15) is 4.79 Å². The molecule has 0 aliphatic rings. The van der Waals surface area contributed by atoms with Gasteiger partial charge >= 0.3 is 0 Å². The lowest BCUT2D eigenvalue weighted by Gasteiger charge is -2.10. The number of rotatable bonds is 5. The number of anilines is 1. The van der Waals surface area contributed by atoms with E-state index in [0.29, 0.717) is 24.8 Å². The van der Waals surface area contributed by atoms with E-state index in [0.717, 1.165) is 10.0 Å². The van der Waals surface area contributed by atoms with Crippen molar-refractivity contribution in [2.24, 2.45) is 5.92 Å². The summed E-state index contributed by atoms with van der Waals surface area (Å²) in [5.74, 6) is 0.825. The fraction of sp³-hybridized carbons (Fsp3) is 0.333. The summed E-state index contributed by atoms with van der Waals surface area (Å²) in [6.45, 7) is 5.46. The Hall–Kier alpha value is -1.62. The summed E-state index contributed by atoms with van der Waals surface area (Å²) >= 11 is 3.40. The van der Waals surface area contributed by atoms with Gasteiger partial charge in [-0.1, -0.05) is 41.9 Å². The number of nitrogens with one attached hydrogen (secondary N) is 1. The first-order chi connectivity index (χ1) is 9.56. The number of benzene rings is 1. The molecule has 0 aliphatic carbocycles. The van der Waals surface area contributed by atoms with Gasteiger partial charge in [0.2, 0.25) is 0 Å². The average molecular weight is 336 g/mol. The Balaban J connectivity index is 2.10. The maximum Gasteiger partial charge on any atom is 0.293 e. The second-order valence-electron chi connectivity index (χ2n) is 5.11. The summed E-state index contributed by atoms with van der Waals surface area (Å²) in [6.07, 6.45) is 3.39. The standard InChI is InChI=1S/C15H18BrN3O/c1-11(2)10-19-8-7-17-14(15(19)20)18-9-12-3-5-13(16)6-4-12/h3-8,11H,9-10H2,1-2H3,(H,17,18). The van der Waals surface area contributed by atoms with E-state index in [-0.39, 0.29) is 5.56 Å². The van der Waals surface area contributed by atoms with Crippen molar-refractivity contribution in [1.82, 2.24) is 9.55 Å². The Labute approximate surface area is 127 Å². The van der Waals surface area contributed by atoms with Crippen molar-refractivity contribution < 1.29 is 0 Å². The maximum absolute atomic E-state index is 12.2. The Morgan fingerprint density at radius 2 is 2.00 bits per heavy atom. The van der Waals surface area contributed by atoms with Gasteiger partial charge in [0.05, 0.1) is 0 Å². The van der Waals surface area contributed by atoms with Gasteiger partial charge in [-0.15, -0.1) is 0 Å². The van der Waals surface area contributed by atoms with Gasteiger partial charge in [-0.2, -0.15) is 0 Å². The zero-order valence-corrected chi connectivity index (χ0v) is 13.2. The van der Waals surface area contributed by atoms with Crippen molar-refractivity contribution in [1.29, 1.82) is 0 Å². The van der Waals surface area contributed by atoms with Gasteiger partial charge in [0.15, 0.2) is 5.82 Å².